The number of aromatic nitrogens is 2. The van der Waals surface area contributed by atoms with E-state index >= 15 is 0 Å². The smallest absolute Gasteiger partial charge is 0.226 e. The number of nitrogens with one attached hydrogen (secondary N) is 1. The molecule has 1 N–H and O–H groups in total. The predicted octanol–water partition coefficient (Wildman–Crippen LogP) is 3.13. The average Bonchev–Trinajstić information content (AvgIpc) is 3.11. The first-order valence-electron chi connectivity index (χ1n) is 7.01. The molecule has 0 saturated carbocycles. The molecule has 0 saturated heterocycles. The van der Waals surface area contributed by atoms with Crippen LogP contribution in [0, 0.1) is 0 Å². The van der Waals surface area contributed by atoms with Crippen molar-refractivity contribution in [1.82, 2.24) is 9.97 Å². The Bertz CT molecular complexity index is 851. The number of H-pyrrole nitrogens is 1. The molecule has 0 unspecified atom stereocenters. The quantitative estimate of drug-likeness (QED) is 0.446. The fourth-order valence-electron chi connectivity index (χ4n) is 2.35. The number of hydrogen-bond acceptors (Lipinski definition) is 4. The van der Waals surface area contributed by atoms with E-state index in [2.05, 4.69) is 9.97 Å². The Kier molecular flexibility index (Phi) is 4.01. The number of rotatable bonds is 5. The van der Waals surface area contributed by atoms with E-state index in [-0.39, 0.29) is 0 Å². The van der Waals surface area contributed by atoms with Crippen molar-refractivity contribution >= 4 is 12.1 Å². The molecule has 1 aromatic heterocycles. The minimum Gasteiger partial charge on any atom is -0.497 e. The van der Waals surface area contributed by atoms with Crippen LogP contribution < -0.4 is 4.74 Å². The molecule has 0 aliphatic carbocycles. The number of nitrogens with zero attached hydrogens (tertiary/aromatic N) is 1. The van der Waals surface area contributed by atoms with Crippen LogP contribution in [0.5, 0.6) is 5.75 Å². The number of carbonyl (C=O) groups excluding carboxylic acids is 2. The van der Waals surface area contributed by atoms with Crippen LogP contribution in [0.4, 0.5) is 0 Å². The first-order valence-corrected chi connectivity index (χ1v) is 7.01. The summed E-state index contributed by atoms with van der Waals surface area (Å²) < 4.78 is 5.13. The maximum atomic E-state index is 11.7. The van der Waals surface area contributed by atoms with Gasteiger partial charge in [0.05, 0.1) is 19.0 Å². The zero-order valence-electron chi connectivity index (χ0n) is 12.4. The van der Waals surface area contributed by atoms with E-state index in [1.54, 1.807) is 31.5 Å². The van der Waals surface area contributed by atoms with Crippen molar-refractivity contribution in [3.63, 3.8) is 0 Å². The zero-order valence-corrected chi connectivity index (χ0v) is 12.4. The van der Waals surface area contributed by atoms with Crippen molar-refractivity contribution in [3.8, 4) is 28.4 Å². The summed E-state index contributed by atoms with van der Waals surface area (Å²) in [6.45, 7) is 0. The monoisotopic (exact) mass is 306 g/mol. The SMILES string of the molecule is COc1ccc(-c2ncc(-c3ccccc3C(=O)C=O)[nH]2)cc1. The molecule has 3 rings (SSSR count). The highest BCUT2D eigenvalue weighted by atomic mass is 16.5. The van der Waals surface area contributed by atoms with Gasteiger partial charge < -0.3 is 9.72 Å². The molecular formula is C18H14N2O3. The summed E-state index contributed by atoms with van der Waals surface area (Å²) in [5.41, 5.74) is 2.59. The Labute approximate surface area is 133 Å². The van der Waals surface area contributed by atoms with Gasteiger partial charge in [0, 0.05) is 16.7 Å². The zero-order chi connectivity index (χ0) is 16.2. The minimum absolute atomic E-state index is 0.319. The number of Topliss-reactive ketones (excluding diaryl/α,β-unsaturated/α-hetero) is 1. The van der Waals surface area contributed by atoms with Crippen LogP contribution in [0.2, 0.25) is 0 Å². The van der Waals surface area contributed by atoms with E-state index in [0.29, 0.717) is 28.9 Å². The van der Waals surface area contributed by atoms with Crippen LogP contribution in [-0.2, 0) is 4.79 Å². The van der Waals surface area contributed by atoms with E-state index < -0.39 is 5.78 Å². The van der Waals surface area contributed by atoms with Gasteiger partial charge in [-0.3, -0.25) is 9.59 Å². The number of aldehydes is 1. The largest absolute Gasteiger partial charge is 0.497 e. The number of imidazole rings is 1. The molecule has 5 nitrogen and oxygen atoms in total. The summed E-state index contributed by atoms with van der Waals surface area (Å²) in [4.78, 5) is 30.1. The lowest BCUT2D eigenvalue weighted by Gasteiger charge is -2.04. The molecule has 0 radical (unpaired) electrons. The summed E-state index contributed by atoms with van der Waals surface area (Å²) in [5, 5.41) is 0. The van der Waals surface area contributed by atoms with Crippen molar-refractivity contribution in [2.24, 2.45) is 0 Å². The fourth-order valence-corrected chi connectivity index (χ4v) is 2.35. The van der Waals surface area contributed by atoms with Crippen LogP contribution in [0.15, 0.2) is 54.7 Å². The van der Waals surface area contributed by atoms with Gasteiger partial charge in [-0.05, 0) is 24.3 Å². The minimum atomic E-state index is -0.554. The standard InChI is InChI=1S/C18H14N2O3/c1-23-13-8-6-12(7-9-13)18-19-10-16(20-18)14-4-2-3-5-15(14)17(22)11-21/h2-11H,1H3,(H,19,20). The van der Waals surface area contributed by atoms with Crippen molar-refractivity contribution < 1.29 is 14.3 Å². The van der Waals surface area contributed by atoms with Crippen molar-refractivity contribution in [2.75, 3.05) is 7.11 Å². The molecule has 1 heterocycles. The van der Waals surface area contributed by atoms with Gasteiger partial charge in [0.1, 0.15) is 11.6 Å². The van der Waals surface area contributed by atoms with Gasteiger partial charge in [-0.15, -0.1) is 0 Å². The van der Waals surface area contributed by atoms with Gasteiger partial charge in [0.25, 0.3) is 0 Å². The molecular weight excluding hydrogens is 292 g/mol. The fraction of sp³-hybridized carbons (Fsp3) is 0.0556. The van der Waals surface area contributed by atoms with E-state index in [1.807, 2.05) is 30.3 Å². The maximum Gasteiger partial charge on any atom is 0.226 e. The highest BCUT2D eigenvalue weighted by Crippen LogP contribution is 2.26. The van der Waals surface area contributed by atoms with Gasteiger partial charge in [0.15, 0.2) is 6.29 Å². The van der Waals surface area contributed by atoms with Gasteiger partial charge >= 0.3 is 0 Å². The number of carbonyl (C=O) groups is 2. The molecule has 0 aliphatic rings. The Morgan fingerprint density at radius 2 is 1.87 bits per heavy atom. The van der Waals surface area contributed by atoms with Gasteiger partial charge in [0.2, 0.25) is 5.78 Å². The lowest BCUT2D eigenvalue weighted by molar-refractivity contribution is -0.104. The molecule has 2 aromatic carbocycles. The third-order valence-corrected chi connectivity index (χ3v) is 3.53. The highest BCUT2D eigenvalue weighted by molar-refractivity contribution is 6.34. The normalized spacial score (nSPS) is 10.3. The van der Waals surface area contributed by atoms with E-state index in [0.717, 1.165) is 11.3 Å². The van der Waals surface area contributed by atoms with E-state index in [4.69, 9.17) is 4.74 Å². The van der Waals surface area contributed by atoms with Crippen LogP contribution in [0.1, 0.15) is 10.4 Å². The van der Waals surface area contributed by atoms with E-state index in [9.17, 15) is 9.59 Å². The summed E-state index contributed by atoms with van der Waals surface area (Å²) >= 11 is 0. The Balaban J connectivity index is 1.99. The lowest BCUT2D eigenvalue weighted by Crippen LogP contribution is -2.02. The number of benzene rings is 2. The highest BCUT2D eigenvalue weighted by Gasteiger charge is 2.13. The van der Waals surface area contributed by atoms with Crippen LogP contribution in [0.3, 0.4) is 0 Å². The van der Waals surface area contributed by atoms with Crippen LogP contribution >= 0.6 is 0 Å². The third-order valence-electron chi connectivity index (χ3n) is 3.53. The summed E-state index contributed by atoms with van der Waals surface area (Å²) in [6.07, 6.45) is 1.97. The summed E-state index contributed by atoms with van der Waals surface area (Å²) in [5.74, 6) is 0.889. The molecule has 23 heavy (non-hydrogen) atoms. The molecule has 3 aromatic rings. The number of aromatic amines is 1. The van der Waals surface area contributed by atoms with Crippen LogP contribution in [0.25, 0.3) is 22.6 Å². The molecule has 5 heteroatoms. The first kappa shape index (κ1) is 14.7. The number of hydrogen-bond donors (Lipinski definition) is 1. The Hall–Kier alpha value is -3.21. The molecule has 0 bridgehead atoms. The third kappa shape index (κ3) is 2.89. The summed E-state index contributed by atoms with van der Waals surface area (Å²) in [6, 6.07) is 14.4. The van der Waals surface area contributed by atoms with Crippen molar-refractivity contribution in [1.29, 1.82) is 0 Å². The molecule has 0 atom stereocenters. The van der Waals surface area contributed by atoms with Gasteiger partial charge in [-0.1, -0.05) is 24.3 Å². The lowest BCUT2D eigenvalue weighted by atomic mass is 10.0. The Morgan fingerprint density at radius 3 is 2.57 bits per heavy atom. The molecule has 0 aliphatic heterocycles. The predicted molar refractivity (Wildman–Crippen MR) is 86.4 cm³/mol. The Morgan fingerprint density at radius 1 is 1.13 bits per heavy atom. The second kappa shape index (κ2) is 6.27. The van der Waals surface area contributed by atoms with Crippen molar-refractivity contribution in [3.05, 3.63) is 60.3 Å². The van der Waals surface area contributed by atoms with E-state index in [1.165, 1.54) is 0 Å². The average molecular weight is 306 g/mol. The second-order valence-corrected chi connectivity index (χ2v) is 4.90. The molecule has 0 fully saturated rings. The maximum absolute atomic E-state index is 11.7. The van der Waals surface area contributed by atoms with Crippen molar-refractivity contribution in [2.45, 2.75) is 0 Å². The number of ether oxygens (including phenoxy) is 1. The molecule has 0 spiro atoms. The molecule has 0 amide bonds. The molecule has 114 valence electrons. The second-order valence-electron chi connectivity index (χ2n) is 4.90. The van der Waals surface area contributed by atoms with Gasteiger partial charge in [-0.25, -0.2) is 4.98 Å². The van der Waals surface area contributed by atoms with Gasteiger partial charge in [-0.2, -0.15) is 0 Å². The number of ketones is 1. The van der Waals surface area contributed by atoms with Crippen LogP contribution in [-0.4, -0.2) is 29.1 Å². The summed E-state index contributed by atoms with van der Waals surface area (Å²) in [7, 11) is 1.61. The first-order chi connectivity index (χ1) is 11.2. The number of methoxy groups -OCH3 is 1. The topological polar surface area (TPSA) is 72.0 Å².